The minimum Gasteiger partial charge on any atom is -0.395 e. The summed E-state index contributed by atoms with van der Waals surface area (Å²) in [4.78, 5) is 12.7. The van der Waals surface area contributed by atoms with E-state index in [9.17, 15) is 18.0 Å². The lowest BCUT2D eigenvalue weighted by Crippen LogP contribution is -2.43. The molecule has 1 aromatic rings. The van der Waals surface area contributed by atoms with Gasteiger partial charge in [-0.1, -0.05) is 30.3 Å². The Bertz CT molecular complexity index is 423. The van der Waals surface area contributed by atoms with E-state index >= 15 is 0 Å². The summed E-state index contributed by atoms with van der Waals surface area (Å²) in [6, 6.07) is 8.24. The summed E-state index contributed by atoms with van der Waals surface area (Å²) in [7, 11) is 1.25. The number of alkyl halides is 3. The number of hydrogen-bond donors (Lipinski definition) is 1. The Labute approximate surface area is 114 Å². The summed E-state index contributed by atoms with van der Waals surface area (Å²) in [6.45, 7) is -2.36. The Morgan fingerprint density at radius 3 is 2.40 bits per heavy atom. The van der Waals surface area contributed by atoms with Gasteiger partial charge >= 0.3 is 6.18 Å². The first-order chi connectivity index (χ1) is 9.39. The van der Waals surface area contributed by atoms with Crippen LogP contribution >= 0.6 is 0 Å². The van der Waals surface area contributed by atoms with Gasteiger partial charge in [0.15, 0.2) is 6.10 Å². The molecular formula is C13H16F3NO3. The Morgan fingerprint density at radius 1 is 1.35 bits per heavy atom. The molecule has 0 aromatic heterocycles. The van der Waals surface area contributed by atoms with Crippen LogP contribution in [0.5, 0.6) is 0 Å². The summed E-state index contributed by atoms with van der Waals surface area (Å²) >= 11 is 0. The zero-order valence-electron chi connectivity index (χ0n) is 10.9. The SMILES string of the molecule is COC(C(=O)N(CCO)CC(F)(F)F)c1ccccc1. The van der Waals surface area contributed by atoms with Crippen LogP contribution in [-0.2, 0) is 9.53 Å². The number of halogens is 3. The molecule has 20 heavy (non-hydrogen) atoms. The fourth-order valence-corrected chi connectivity index (χ4v) is 1.78. The molecule has 0 heterocycles. The van der Waals surface area contributed by atoms with Crippen molar-refractivity contribution >= 4 is 5.91 Å². The molecule has 0 spiro atoms. The average molecular weight is 291 g/mol. The van der Waals surface area contributed by atoms with Crippen molar-refractivity contribution in [2.24, 2.45) is 0 Å². The second kappa shape index (κ2) is 7.25. The number of aliphatic hydroxyl groups excluding tert-OH is 1. The molecule has 0 aliphatic heterocycles. The first-order valence-corrected chi connectivity index (χ1v) is 5.93. The van der Waals surface area contributed by atoms with Crippen LogP contribution in [0, 0.1) is 0 Å². The van der Waals surface area contributed by atoms with Gasteiger partial charge in [-0.05, 0) is 5.56 Å². The number of aliphatic hydroxyl groups is 1. The van der Waals surface area contributed by atoms with Crippen LogP contribution in [0.2, 0.25) is 0 Å². The van der Waals surface area contributed by atoms with Gasteiger partial charge in [0.25, 0.3) is 5.91 Å². The molecule has 1 rings (SSSR count). The predicted octanol–water partition coefficient (Wildman–Crippen LogP) is 1.76. The van der Waals surface area contributed by atoms with Crippen molar-refractivity contribution in [1.82, 2.24) is 4.90 Å². The molecule has 1 unspecified atom stereocenters. The van der Waals surface area contributed by atoms with Crippen LogP contribution in [0.1, 0.15) is 11.7 Å². The van der Waals surface area contributed by atoms with Crippen molar-refractivity contribution in [1.29, 1.82) is 0 Å². The summed E-state index contributed by atoms with van der Waals surface area (Å²) in [5.74, 6) is -0.829. The average Bonchev–Trinajstić information content (AvgIpc) is 2.39. The molecule has 0 saturated heterocycles. The van der Waals surface area contributed by atoms with E-state index in [0.717, 1.165) is 0 Å². The number of methoxy groups -OCH3 is 1. The van der Waals surface area contributed by atoms with Gasteiger partial charge in [-0.15, -0.1) is 0 Å². The maximum Gasteiger partial charge on any atom is 0.406 e. The topological polar surface area (TPSA) is 49.8 Å². The molecule has 112 valence electrons. The Hall–Kier alpha value is -1.60. The molecule has 7 heteroatoms. The number of rotatable bonds is 6. The Morgan fingerprint density at radius 2 is 1.95 bits per heavy atom. The molecular weight excluding hydrogens is 275 g/mol. The maximum atomic E-state index is 12.4. The molecule has 1 atom stereocenters. The normalized spacial score (nSPS) is 13.1. The second-order valence-corrected chi connectivity index (χ2v) is 4.13. The molecule has 0 saturated carbocycles. The highest BCUT2D eigenvalue weighted by Gasteiger charge is 2.35. The van der Waals surface area contributed by atoms with E-state index in [1.54, 1.807) is 30.3 Å². The monoisotopic (exact) mass is 291 g/mol. The minimum atomic E-state index is -4.53. The third-order valence-electron chi connectivity index (χ3n) is 2.61. The lowest BCUT2D eigenvalue weighted by molar-refractivity contribution is -0.168. The number of ether oxygens (including phenoxy) is 1. The van der Waals surface area contributed by atoms with E-state index in [-0.39, 0.29) is 0 Å². The van der Waals surface area contributed by atoms with E-state index in [1.165, 1.54) is 7.11 Å². The van der Waals surface area contributed by atoms with Crippen molar-refractivity contribution in [3.05, 3.63) is 35.9 Å². The lowest BCUT2D eigenvalue weighted by atomic mass is 10.1. The van der Waals surface area contributed by atoms with E-state index in [4.69, 9.17) is 9.84 Å². The van der Waals surface area contributed by atoms with Gasteiger partial charge in [0.05, 0.1) is 6.61 Å². The molecule has 0 fully saturated rings. The molecule has 0 aliphatic carbocycles. The van der Waals surface area contributed by atoms with Crippen LogP contribution in [0.25, 0.3) is 0 Å². The first kappa shape index (κ1) is 16.5. The molecule has 1 amide bonds. The largest absolute Gasteiger partial charge is 0.406 e. The van der Waals surface area contributed by atoms with Crippen LogP contribution in [-0.4, -0.2) is 48.9 Å². The van der Waals surface area contributed by atoms with Crippen LogP contribution in [0.15, 0.2) is 30.3 Å². The van der Waals surface area contributed by atoms with Crippen LogP contribution < -0.4 is 0 Å². The van der Waals surface area contributed by atoms with Gasteiger partial charge in [0, 0.05) is 13.7 Å². The highest BCUT2D eigenvalue weighted by atomic mass is 19.4. The lowest BCUT2D eigenvalue weighted by Gasteiger charge is -2.27. The molecule has 1 N–H and O–H groups in total. The van der Waals surface area contributed by atoms with E-state index < -0.39 is 37.9 Å². The second-order valence-electron chi connectivity index (χ2n) is 4.13. The van der Waals surface area contributed by atoms with Gasteiger partial charge in [-0.25, -0.2) is 0 Å². The van der Waals surface area contributed by atoms with Crippen molar-refractivity contribution in [2.75, 3.05) is 26.8 Å². The van der Waals surface area contributed by atoms with Crippen molar-refractivity contribution in [2.45, 2.75) is 12.3 Å². The highest BCUT2D eigenvalue weighted by Crippen LogP contribution is 2.22. The molecule has 0 aliphatic rings. The van der Waals surface area contributed by atoms with Gasteiger partial charge in [0.1, 0.15) is 6.54 Å². The number of carbonyl (C=O) groups is 1. The summed E-state index contributed by atoms with van der Waals surface area (Å²) in [5, 5.41) is 8.81. The molecule has 1 aromatic carbocycles. The van der Waals surface area contributed by atoms with Gasteiger partial charge in [-0.3, -0.25) is 4.79 Å². The standard InChI is InChI=1S/C13H16F3NO3/c1-20-11(10-5-3-2-4-6-10)12(19)17(7-8-18)9-13(14,15)16/h2-6,11,18H,7-9H2,1H3. The fraction of sp³-hybridized carbons (Fsp3) is 0.462. The predicted molar refractivity (Wildman–Crippen MR) is 65.9 cm³/mol. The highest BCUT2D eigenvalue weighted by molar-refractivity contribution is 5.82. The quantitative estimate of drug-likeness (QED) is 0.869. The Kier molecular flexibility index (Phi) is 5.97. The Balaban J connectivity index is 2.91. The zero-order chi connectivity index (χ0) is 15.2. The van der Waals surface area contributed by atoms with Gasteiger partial charge in [-0.2, -0.15) is 13.2 Å². The number of benzene rings is 1. The molecule has 0 radical (unpaired) electrons. The van der Waals surface area contributed by atoms with Crippen LogP contribution in [0.4, 0.5) is 13.2 Å². The first-order valence-electron chi connectivity index (χ1n) is 5.93. The summed E-state index contributed by atoms with van der Waals surface area (Å²) < 4.78 is 42.3. The number of nitrogens with zero attached hydrogens (tertiary/aromatic N) is 1. The molecule has 0 bridgehead atoms. The van der Waals surface area contributed by atoms with Crippen molar-refractivity contribution in [3.63, 3.8) is 0 Å². The van der Waals surface area contributed by atoms with Gasteiger partial charge in [0.2, 0.25) is 0 Å². The van der Waals surface area contributed by atoms with Crippen LogP contribution in [0.3, 0.4) is 0 Å². The van der Waals surface area contributed by atoms with E-state index in [0.29, 0.717) is 10.5 Å². The number of amides is 1. The molecule has 4 nitrogen and oxygen atoms in total. The third kappa shape index (κ3) is 4.82. The number of hydrogen-bond acceptors (Lipinski definition) is 3. The van der Waals surface area contributed by atoms with E-state index in [2.05, 4.69) is 0 Å². The number of carbonyl (C=O) groups excluding carboxylic acids is 1. The summed E-state index contributed by atoms with van der Waals surface area (Å²) in [6.07, 6.45) is -5.65. The van der Waals surface area contributed by atoms with E-state index in [1.807, 2.05) is 0 Å². The van der Waals surface area contributed by atoms with Crippen molar-refractivity contribution < 1.29 is 27.8 Å². The summed E-state index contributed by atoms with van der Waals surface area (Å²) in [5.41, 5.74) is 0.463. The fourth-order valence-electron chi connectivity index (χ4n) is 1.78. The van der Waals surface area contributed by atoms with Gasteiger partial charge < -0.3 is 14.7 Å². The maximum absolute atomic E-state index is 12.4. The third-order valence-corrected chi connectivity index (χ3v) is 2.61. The van der Waals surface area contributed by atoms with Crippen molar-refractivity contribution in [3.8, 4) is 0 Å². The minimum absolute atomic E-state index is 0.398. The zero-order valence-corrected chi connectivity index (χ0v) is 10.9. The smallest absolute Gasteiger partial charge is 0.395 e.